The van der Waals surface area contributed by atoms with Gasteiger partial charge in [-0.25, -0.2) is 9.97 Å². The Balaban J connectivity index is 2.24. The third-order valence-electron chi connectivity index (χ3n) is 2.39. The lowest BCUT2D eigenvalue weighted by Crippen LogP contribution is -2.04. The predicted octanol–water partition coefficient (Wildman–Crippen LogP) is 4.27. The van der Waals surface area contributed by atoms with E-state index < -0.39 is 0 Å². The van der Waals surface area contributed by atoms with E-state index in [1.807, 2.05) is 26.0 Å². The molecule has 0 saturated carbocycles. The molecule has 0 amide bonds. The van der Waals surface area contributed by atoms with Crippen LogP contribution in [0, 0.1) is 6.92 Å². The number of hydrogen-bond donors (Lipinski definition) is 2. The summed E-state index contributed by atoms with van der Waals surface area (Å²) in [5, 5.41) is 7.37. The van der Waals surface area contributed by atoms with Crippen molar-refractivity contribution in [3.63, 3.8) is 0 Å². The summed E-state index contributed by atoms with van der Waals surface area (Å²) in [7, 11) is 0. The van der Waals surface area contributed by atoms with E-state index in [0.717, 1.165) is 18.1 Å². The normalized spacial score (nSPS) is 10.3. The summed E-state index contributed by atoms with van der Waals surface area (Å²) in [4.78, 5) is 8.61. The van der Waals surface area contributed by atoms with Crippen LogP contribution in [-0.4, -0.2) is 16.5 Å². The van der Waals surface area contributed by atoms with E-state index in [-0.39, 0.29) is 0 Å². The molecule has 2 aromatic rings. The predicted molar refractivity (Wildman–Crippen MR) is 80.7 cm³/mol. The summed E-state index contributed by atoms with van der Waals surface area (Å²) in [6, 6.07) is 7.19. The van der Waals surface area contributed by atoms with Crippen LogP contribution >= 0.6 is 23.2 Å². The molecule has 1 aromatic carbocycles. The van der Waals surface area contributed by atoms with Crippen LogP contribution in [0.5, 0.6) is 0 Å². The zero-order valence-electron chi connectivity index (χ0n) is 10.7. The van der Waals surface area contributed by atoms with Crippen molar-refractivity contribution in [3.05, 3.63) is 40.1 Å². The first-order chi connectivity index (χ1) is 9.08. The standard InChI is InChI=1S/C13H14Cl2N4/c1-3-16-12-7-13(18-8(2)17-12)19-9-4-5-10(14)11(15)6-9/h4-7H,3H2,1-2H3,(H2,16,17,18,19). The molecule has 6 heteroatoms. The van der Waals surface area contributed by atoms with E-state index in [1.54, 1.807) is 12.1 Å². The molecular formula is C13H14Cl2N4. The molecule has 1 aromatic heterocycles. The second-order valence-electron chi connectivity index (χ2n) is 3.97. The number of benzene rings is 1. The first-order valence-electron chi connectivity index (χ1n) is 5.90. The quantitative estimate of drug-likeness (QED) is 0.885. The van der Waals surface area contributed by atoms with E-state index in [9.17, 15) is 0 Å². The molecule has 0 atom stereocenters. The van der Waals surface area contributed by atoms with Crippen molar-refractivity contribution in [2.45, 2.75) is 13.8 Å². The lowest BCUT2D eigenvalue weighted by Gasteiger charge is -2.09. The Morgan fingerprint density at radius 1 is 1.05 bits per heavy atom. The Hall–Kier alpha value is -1.52. The third kappa shape index (κ3) is 3.72. The maximum atomic E-state index is 5.98. The van der Waals surface area contributed by atoms with Gasteiger partial charge in [-0.2, -0.15) is 0 Å². The highest BCUT2D eigenvalue weighted by atomic mass is 35.5. The molecule has 0 fully saturated rings. The van der Waals surface area contributed by atoms with Crippen molar-refractivity contribution < 1.29 is 0 Å². The molecule has 0 unspecified atom stereocenters. The average Bonchev–Trinajstić information content (AvgIpc) is 2.33. The summed E-state index contributed by atoms with van der Waals surface area (Å²) in [5.41, 5.74) is 0.829. The van der Waals surface area contributed by atoms with Gasteiger partial charge in [0.15, 0.2) is 0 Å². The lowest BCUT2D eigenvalue weighted by atomic mass is 10.3. The molecule has 2 rings (SSSR count). The fourth-order valence-corrected chi connectivity index (χ4v) is 1.92. The molecule has 0 aliphatic heterocycles. The number of nitrogens with one attached hydrogen (secondary N) is 2. The molecule has 4 nitrogen and oxygen atoms in total. The molecule has 0 radical (unpaired) electrons. The first kappa shape index (κ1) is 13.9. The van der Waals surface area contributed by atoms with E-state index in [0.29, 0.717) is 21.7 Å². The van der Waals surface area contributed by atoms with Crippen LogP contribution in [0.25, 0.3) is 0 Å². The number of aryl methyl sites for hydroxylation is 1. The summed E-state index contributed by atoms with van der Waals surface area (Å²) >= 11 is 11.9. The number of aromatic nitrogens is 2. The third-order valence-corrected chi connectivity index (χ3v) is 3.13. The van der Waals surface area contributed by atoms with Gasteiger partial charge >= 0.3 is 0 Å². The number of halogens is 2. The lowest BCUT2D eigenvalue weighted by molar-refractivity contribution is 1.04. The Morgan fingerprint density at radius 2 is 1.79 bits per heavy atom. The van der Waals surface area contributed by atoms with Gasteiger partial charge < -0.3 is 10.6 Å². The fourth-order valence-electron chi connectivity index (χ4n) is 1.63. The van der Waals surface area contributed by atoms with Gasteiger partial charge in [0, 0.05) is 18.3 Å². The van der Waals surface area contributed by atoms with E-state index in [2.05, 4.69) is 20.6 Å². The SMILES string of the molecule is CCNc1cc(Nc2ccc(Cl)c(Cl)c2)nc(C)n1. The highest BCUT2D eigenvalue weighted by Gasteiger charge is 2.03. The van der Waals surface area contributed by atoms with Crippen LogP contribution in [0.15, 0.2) is 24.3 Å². The van der Waals surface area contributed by atoms with Gasteiger partial charge in [-0.3, -0.25) is 0 Å². The largest absolute Gasteiger partial charge is 0.370 e. The van der Waals surface area contributed by atoms with Gasteiger partial charge in [-0.05, 0) is 32.0 Å². The summed E-state index contributed by atoms with van der Waals surface area (Å²) in [6.45, 7) is 4.67. The summed E-state index contributed by atoms with van der Waals surface area (Å²) in [5.74, 6) is 2.19. The molecule has 19 heavy (non-hydrogen) atoms. The Labute approximate surface area is 122 Å². The van der Waals surface area contributed by atoms with Crippen molar-refractivity contribution in [2.24, 2.45) is 0 Å². The Morgan fingerprint density at radius 3 is 2.47 bits per heavy atom. The van der Waals surface area contributed by atoms with Crippen molar-refractivity contribution in [1.82, 2.24) is 9.97 Å². The first-order valence-corrected chi connectivity index (χ1v) is 6.65. The van der Waals surface area contributed by atoms with Gasteiger partial charge in [0.25, 0.3) is 0 Å². The van der Waals surface area contributed by atoms with E-state index in [4.69, 9.17) is 23.2 Å². The molecular weight excluding hydrogens is 283 g/mol. The second kappa shape index (κ2) is 6.08. The summed E-state index contributed by atoms with van der Waals surface area (Å²) < 4.78 is 0. The van der Waals surface area contributed by atoms with Crippen LogP contribution in [0.3, 0.4) is 0 Å². The maximum Gasteiger partial charge on any atom is 0.136 e. The van der Waals surface area contributed by atoms with Crippen molar-refractivity contribution in [1.29, 1.82) is 0 Å². The van der Waals surface area contributed by atoms with Gasteiger partial charge in [-0.15, -0.1) is 0 Å². The Bertz CT molecular complexity index is 587. The van der Waals surface area contributed by atoms with Crippen molar-refractivity contribution in [2.75, 3.05) is 17.2 Å². The van der Waals surface area contributed by atoms with Crippen LogP contribution in [-0.2, 0) is 0 Å². The molecule has 100 valence electrons. The van der Waals surface area contributed by atoms with Crippen LogP contribution in [0.1, 0.15) is 12.7 Å². The van der Waals surface area contributed by atoms with Crippen LogP contribution < -0.4 is 10.6 Å². The van der Waals surface area contributed by atoms with Gasteiger partial charge in [0.1, 0.15) is 17.5 Å². The number of nitrogens with zero attached hydrogens (tertiary/aromatic N) is 2. The minimum absolute atomic E-state index is 0.504. The minimum Gasteiger partial charge on any atom is -0.370 e. The molecule has 0 saturated heterocycles. The topological polar surface area (TPSA) is 49.8 Å². The number of rotatable bonds is 4. The molecule has 1 heterocycles. The molecule has 0 bridgehead atoms. The average molecular weight is 297 g/mol. The minimum atomic E-state index is 0.504. The molecule has 0 spiro atoms. The van der Waals surface area contributed by atoms with E-state index in [1.165, 1.54) is 0 Å². The zero-order chi connectivity index (χ0) is 13.8. The highest BCUT2D eigenvalue weighted by Crippen LogP contribution is 2.26. The highest BCUT2D eigenvalue weighted by molar-refractivity contribution is 6.42. The zero-order valence-corrected chi connectivity index (χ0v) is 12.2. The molecule has 2 N–H and O–H groups in total. The molecule has 0 aliphatic rings. The van der Waals surface area contributed by atoms with Crippen LogP contribution in [0.2, 0.25) is 10.0 Å². The van der Waals surface area contributed by atoms with Crippen molar-refractivity contribution >= 4 is 40.5 Å². The smallest absolute Gasteiger partial charge is 0.136 e. The van der Waals surface area contributed by atoms with E-state index >= 15 is 0 Å². The summed E-state index contributed by atoms with van der Waals surface area (Å²) in [6.07, 6.45) is 0. The maximum absolute atomic E-state index is 5.98. The number of hydrogen-bond acceptors (Lipinski definition) is 4. The van der Waals surface area contributed by atoms with Gasteiger partial charge in [-0.1, -0.05) is 23.2 Å². The van der Waals surface area contributed by atoms with Gasteiger partial charge in [0.2, 0.25) is 0 Å². The molecule has 0 aliphatic carbocycles. The van der Waals surface area contributed by atoms with Crippen LogP contribution in [0.4, 0.5) is 17.3 Å². The fraction of sp³-hybridized carbons (Fsp3) is 0.231. The van der Waals surface area contributed by atoms with Crippen molar-refractivity contribution in [3.8, 4) is 0 Å². The second-order valence-corrected chi connectivity index (χ2v) is 4.78. The monoisotopic (exact) mass is 296 g/mol. The number of anilines is 3. The van der Waals surface area contributed by atoms with Gasteiger partial charge in [0.05, 0.1) is 10.0 Å². The Kier molecular flexibility index (Phi) is 4.45.